The van der Waals surface area contributed by atoms with E-state index in [1.807, 2.05) is 72.0 Å². The predicted octanol–water partition coefficient (Wildman–Crippen LogP) is 7.63. The van der Waals surface area contributed by atoms with Crippen molar-refractivity contribution in [3.05, 3.63) is 125 Å². The molecule has 7 heteroatoms. The fraction of sp³-hybridized carbons (Fsp3) is 0.235. The van der Waals surface area contributed by atoms with Crippen LogP contribution in [0.3, 0.4) is 0 Å². The quantitative estimate of drug-likeness (QED) is 0.239. The van der Waals surface area contributed by atoms with Crippen LogP contribution in [-0.2, 0) is 6.54 Å². The van der Waals surface area contributed by atoms with Crippen molar-refractivity contribution >= 4 is 11.7 Å². The van der Waals surface area contributed by atoms with E-state index in [1.54, 1.807) is 0 Å². The van der Waals surface area contributed by atoms with Crippen molar-refractivity contribution in [2.24, 2.45) is 0 Å². The Morgan fingerprint density at radius 2 is 1.71 bits per heavy atom. The first-order valence-electron chi connectivity index (χ1n) is 14.2. The van der Waals surface area contributed by atoms with E-state index in [-0.39, 0.29) is 12.1 Å². The lowest BCUT2D eigenvalue weighted by atomic mass is 9.97. The largest absolute Gasteiger partial charge is 0.492 e. The van der Waals surface area contributed by atoms with E-state index in [9.17, 15) is 4.79 Å². The number of para-hydroxylation sites is 3. The highest BCUT2D eigenvalue weighted by atomic mass is 16.5. The lowest BCUT2D eigenvalue weighted by Crippen LogP contribution is -2.38. The summed E-state index contributed by atoms with van der Waals surface area (Å²) in [5.41, 5.74) is 6.80. The van der Waals surface area contributed by atoms with Crippen molar-refractivity contribution in [3.63, 3.8) is 0 Å². The van der Waals surface area contributed by atoms with E-state index in [1.165, 1.54) is 5.56 Å². The number of aromatic nitrogens is 3. The second kappa shape index (κ2) is 11.0. The highest BCUT2D eigenvalue weighted by Gasteiger charge is 2.36. The number of amides is 2. The first-order valence-corrected chi connectivity index (χ1v) is 14.2. The molecule has 3 heterocycles. The van der Waals surface area contributed by atoms with Gasteiger partial charge in [0.25, 0.3) is 0 Å². The number of anilines is 1. The number of nitrogens with one attached hydrogen (secondary N) is 1. The highest BCUT2D eigenvalue weighted by Crippen LogP contribution is 2.39. The molecule has 1 N–H and O–H groups in total. The molecule has 0 radical (unpaired) electrons. The zero-order chi connectivity index (χ0) is 28.5. The van der Waals surface area contributed by atoms with Crippen LogP contribution in [0.15, 0.2) is 97.2 Å². The molecule has 6 rings (SSSR count). The number of ether oxygens (including phenoxy) is 1. The van der Waals surface area contributed by atoms with E-state index >= 15 is 0 Å². The molecule has 3 aromatic carbocycles. The predicted molar refractivity (Wildman–Crippen MR) is 162 cm³/mol. The van der Waals surface area contributed by atoms with Gasteiger partial charge in [-0.05, 0) is 67.3 Å². The Hall–Kier alpha value is -4.78. The first kappa shape index (κ1) is 26.4. The molecule has 7 nitrogen and oxygen atoms in total. The minimum Gasteiger partial charge on any atom is -0.492 e. The number of urea groups is 1. The van der Waals surface area contributed by atoms with Crippen molar-refractivity contribution in [1.82, 2.24) is 19.2 Å². The second-order valence-electron chi connectivity index (χ2n) is 10.6. The van der Waals surface area contributed by atoms with Gasteiger partial charge in [-0.1, -0.05) is 68.4 Å². The normalized spacial score (nSPS) is 14.4. The molecule has 1 aliphatic rings. The molecule has 41 heavy (non-hydrogen) atoms. The third-order valence-electron chi connectivity index (χ3n) is 7.70. The molecule has 1 atom stereocenters. The maximum absolute atomic E-state index is 14.3. The Morgan fingerprint density at radius 1 is 0.976 bits per heavy atom. The molecule has 2 amide bonds. The number of rotatable bonds is 6. The average molecular weight is 546 g/mol. The summed E-state index contributed by atoms with van der Waals surface area (Å²) in [5.74, 6) is 2.01. The van der Waals surface area contributed by atoms with E-state index in [0.29, 0.717) is 30.5 Å². The summed E-state index contributed by atoms with van der Waals surface area (Å²) < 4.78 is 9.99. The van der Waals surface area contributed by atoms with Crippen LogP contribution in [0.2, 0.25) is 0 Å². The van der Waals surface area contributed by atoms with Crippen LogP contribution in [0, 0.1) is 6.92 Å². The summed E-state index contributed by atoms with van der Waals surface area (Å²) in [6.45, 7) is 9.23. The number of fused-ring (bicyclic) bond motifs is 3. The average Bonchev–Trinajstić information content (AvgIpc) is 3.55. The van der Waals surface area contributed by atoms with E-state index < -0.39 is 0 Å². The van der Waals surface area contributed by atoms with Gasteiger partial charge in [0.15, 0.2) is 0 Å². The van der Waals surface area contributed by atoms with Crippen LogP contribution >= 0.6 is 0 Å². The molecule has 1 aliphatic heterocycles. The number of hydrogen-bond acceptors (Lipinski definition) is 3. The van der Waals surface area contributed by atoms with Gasteiger partial charge in [0.2, 0.25) is 0 Å². The minimum absolute atomic E-state index is 0.206. The number of nitrogens with zero attached hydrogens (tertiary/aromatic N) is 4. The van der Waals surface area contributed by atoms with Crippen molar-refractivity contribution in [2.45, 2.75) is 46.2 Å². The number of hydrogen-bond donors (Lipinski definition) is 1. The summed E-state index contributed by atoms with van der Waals surface area (Å²) in [5, 5.41) is 8.10. The van der Waals surface area contributed by atoms with Crippen molar-refractivity contribution in [2.75, 3.05) is 11.9 Å². The molecule has 0 aliphatic carbocycles. The molecule has 0 spiro atoms. The lowest BCUT2D eigenvalue weighted by Gasteiger charge is -2.31. The van der Waals surface area contributed by atoms with Crippen molar-refractivity contribution < 1.29 is 9.53 Å². The number of carbonyl (C=O) groups excluding carboxylic acids is 1. The molecular formula is C34H35N5O2. The van der Waals surface area contributed by atoms with Gasteiger partial charge in [0.05, 0.1) is 42.0 Å². The molecule has 5 aromatic rings. The zero-order valence-corrected chi connectivity index (χ0v) is 23.9. The molecule has 2 aromatic heterocycles. The van der Waals surface area contributed by atoms with Gasteiger partial charge in [-0.2, -0.15) is 5.10 Å². The minimum atomic E-state index is -0.332. The maximum atomic E-state index is 14.3. The van der Waals surface area contributed by atoms with E-state index in [4.69, 9.17) is 9.84 Å². The number of benzene rings is 3. The van der Waals surface area contributed by atoms with Crippen LogP contribution in [0.1, 0.15) is 60.8 Å². The van der Waals surface area contributed by atoms with Gasteiger partial charge in [0, 0.05) is 11.8 Å². The Bertz CT molecular complexity index is 1670. The smallest absolute Gasteiger partial charge is 0.323 e. The van der Waals surface area contributed by atoms with Gasteiger partial charge in [0.1, 0.15) is 11.6 Å². The highest BCUT2D eigenvalue weighted by molar-refractivity contribution is 5.91. The summed E-state index contributed by atoms with van der Waals surface area (Å²) >= 11 is 0. The summed E-state index contributed by atoms with van der Waals surface area (Å²) in [7, 11) is 0. The van der Waals surface area contributed by atoms with Crippen LogP contribution in [0.4, 0.5) is 10.5 Å². The van der Waals surface area contributed by atoms with Crippen LogP contribution in [-0.4, -0.2) is 31.9 Å². The third kappa shape index (κ3) is 4.88. The van der Waals surface area contributed by atoms with Crippen molar-refractivity contribution in [3.8, 4) is 17.3 Å². The van der Waals surface area contributed by atoms with Gasteiger partial charge >= 0.3 is 6.03 Å². The SMILES string of the molecule is CCOc1ccccc1NC(=O)N1Cc2c(C)nn(-c3ccccc3)c2-n2cccc2[C@H]1c1ccc(C(C)C)cc1. The lowest BCUT2D eigenvalue weighted by molar-refractivity contribution is 0.194. The van der Waals surface area contributed by atoms with Gasteiger partial charge in [-0.3, -0.25) is 0 Å². The van der Waals surface area contributed by atoms with Gasteiger partial charge in [-0.25, -0.2) is 9.48 Å². The second-order valence-corrected chi connectivity index (χ2v) is 10.6. The third-order valence-corrected chi connectivity index (χ3v) is 7.70. The monoisotopic (exact) mass is 545 g/mol. The number of carbonyl (C=O) groups is 1. The Labute approximate surface area is 241 Å². The molecular weight excluding hydrogens is 510 g/mol. The summed E-state index contributed by atoms with van der Waals surface area (Å²) in [4.78, 5) is 16.2. The van der Waals surface area contributed by atoms with Crippen LogP contribution in [0.5, 0.6) is 5.75 Å². The Balaban J connectivity index is 1.51. The zero-order valence-electron chi connectivity index (χ0n) is 23.9. The standard InChI is InChI=1S/C34H35N5O2/c1-5-41-31-16-10-9-14-29(31)35-34(40)38-22-28-24(4)36-39(27-12-7-6-8-13-27)33(28)37-21-11-15-30(37)32(38)26-19-17-25(18-20-26)23(2)3/h6-21,23,32H,5,22H2,1-4H3,(H,35,40)/t32-/m1/s1. The molecule has 0 saturated carbocycles. The maximum Gasteiger partial charge on any atom is 0.323 e. The molecule has 0 saturated heterocycles. The Kier molecular flexibility index (Phi) is 7.10. The van der Waals surface area contributed by atoms with E-state index in [0.717, 1.165) is 34.0 Å². The number of aryl methyl sites for hydroxylation is 1. The van der Waals surface area contributed by atoms with Gasteiger partial charge < -0.3 is 19.5 Å². The fourth-order valence-electron chi connectivity index (χ4n) is 5.60. The van der Waals surface area contributed by atoms with Crippen LogP contribution < -0.4 is 10.1 Å². The van der Waals surface area contributed by atoms with Crippen molar-refractivity contribution in [1.29, 1.82) is 0 Å². The molecule has 0 fully saturated rings. The van der Waals surface area contributed by atoms with Crippen LogP contribution in [0.25, 0.3) is 11.5 Å². The first-order chi connectivity index (χ1) is 20.0. The molecule has 0 unspecified atom stereocenters. The summed E-state index contributed by atoms with van der Waals surface area (Å²) in [6, 6.07) is 29.9. The molecule has 0 bridgehead atoms. The molecule has 208 valence electrons. The van der Waals surface area contributed by atoms with Gasteiger partial charge in [-0.15, -0.1) is 0 Å². The topological polar surface area (TPSA) is 64.3 Å². The Morgan fingerprint density at radius 3 is 2.44 bits per heavy atom. The van der Waals surface area contributed by atoms with E-state index in [2.05, 4.69) is 72.4 Å². The fourth-order valence-corrected chi connectivity index (χ4v) is 5.60. The summed E-state index contributed by atoms with van der Waals surface area (Å²) in [6.07, 6.45) is 2.07.